The molecule has 306 valence electrons. The summed E-state index contributed by atoms with van der Waals surface area (Å²) in [5.41, 5.74) is 6.55. The Kier molecular flexibility index (Phi) is 13.7. The van der Waals surface area contributed by atoms with E-state index in [4.69, 9.17) is 33.2 Å². The fourth-order valence-corrected chi connectivity index (χ4v) is 6.48. The zero-order chi connectivity index (χ0) is 42.4. The second-order valence-electron chi connectivity index (χ2n) is 13.8. The van der Waals surface area contributed by atoms with Crippen LogP contribution in [0.5, 0.6) is 34.5 Å². The zero-order valence-corrected chi connectivity index (χ0v) is 34.0. The van der Waals surface area contributed by atoms with Crippen molar-refractivity contribution in [3.63, 3.8) is 0 Å². The van der Waals surface area contributed by atoms with Crippen LogP contribution in [0, 0.1) is 0 Å². The molecule has 0 amide bonds. The number of hydrogen-bond donors (Lipinski definition) is 0. The van der Waals surface area contributed by atoms with E-state index >= 15 is 0 Å². The minimum atomic E-state index is -0.533. The smallest absolute Gasteiger partial charge is 0.338 e. The fourth-order valence-electron chi connectivity index (χ4n) is 6.48. The first-order chi connectivity index (χ1) is 29.9. The average Bonchev–Trinajstić information content (AvgIpc) is 3.32. The van der Waals surface area contributed by atoms with Crippen LogP contribution in [-0.4, -0.2) is 33.3 Å². The van der Waals surface area contributed by atoms with Gasteiger partial charge in [-0.25, -0.2) is 9.59 Å². The first-order valence-corrected chi connectivity index (χ1v) is 19.5. The Hall–Kier alpha value is -7.78. The highest BCUT2D eigenvalue weighted by Gasteiger charge is 2.21. The second-order valence-corrected chi connectivity index (χ2v) is 13.8. The highest BCUT2D eigenvalue weighted by atomic mass is 16.5. The second kappa shape index (κ2) is 20.3. The predicted octanol–water partition coefficient (Wildman–Crippen LogP) is 11.6. The van der Waals surface area contributed by atoms with Crippen molar-refractivity contribution in [1.82, 2.24) is 0 Å². The molecular formula is C52H44O9. The first kappa shape index (κ1) is 41.4. The van der Waals surface area contributed by atoms with Gasteiger partial charge in [-0.2, -0.15) is 0 Å². The van der Waals surface area contributed by atoms with Gasteiger partial charge in [0, 0.05) is 5.56 Å². The van der Waals surface area contributed by atoms with Crippen LogP contribution in [0.4, 0.5) is 0 Å². The zero-order valence-electron chi connectivity index (χ0n) is 34.0. The molecule has 9 nitrogen and oxygen atoms in total. The molecule has 0 saturated carbocycles. The summed E-state index contributed by atoms with van der Waals surface area (Å²) in [5.74, 6) is 2.00. The number of benzene rings is 7. The molecule has 0 atom stereocenters. The lowest BCUT2D eigenvalue weighted by Crippen LogP contribution is -2.07. The van der Waals surface area contributed by atoms with Gasteiger partial charge >= 0.3 is 11.9 Å². The Morgan fingerprint density at radius 1 is 0.459 bits per heavy atom. The maximum absolute atomic E-state index is 13.4. The van der Waals surface area contributed by atoms with E-state index in [1.165, 1.54) is 21.3 Å². The Balaban J connectivity index is 1.28. The number of carbonyl (C=O) groups is 2. The molecule has 9 heteroatoms. The number of methoxy groups -OCH3 is 3. The van der Waals surface area contributed by atoms with Crippen LogP contribution in [0.3, 0.4) is 0 Å². The Morgan fingerprint density at radius 3 is 1.62 bits per heavy atom. The number of ether oxygens (including phenoxy) is 7. The van der Waals surface area contributed by atoms with Crippen molar-refractivity contribution in [3.8, 4) is 45.6 Å². The van der Waals surface area contributed by atoms with Crippen molar-refractivity contribution in [2.24, 2.45) is 0 Å². The largest absolute Gasteiger partial charge is 0.493 e. The van der Waals surface area contributed by atoms with E-state index in [9.17, 15) is 9.59 Å². The quantitative estimate of drug-likeness (QED) is 0.0657. The molecule has 61 heavy (non-hydrogen) atoms. The van der Waals surface area contributed by atoms with Gasteiger partial charge in [0.15, 0.2) is 23.0 Å². The molecule has 0 saturated heterocycles. The number of carbonyl (C=O) groups excluding carboxylic acids is 2. The Labute approximate surface area is 355 Å². The fraction of sp³-hybridized carbons (Fsp3) is 0.115. The van der Waals surface area contributed by atoms with Crippen LogP contribution < -0.4 is 23.7 Å². The van der Waals surface area contributed by atoms with Crippen molar-refractivity contribution < 1.29 is 42.7 Å². The molecule has 0 aliphatic heterocycles. The highest BCUT2D eigenvalue weighted by molar-refractivity contribution is 6.00. The summed E-state index contributed by atoms with van der Waals surface area (Å²) in [7, 11) is 4.22. The van der Waals surface area contributed by atoms with Crippen LogP contribution in [0.2, 0.25) is 0 Å². The van der Waals surface area contributed by atoms with E-state index in [2.05, 4.69) is 0 Å². The van der Waals surface area contributed by atoms with E-state index in [1.54, 1.807) is 30.3 Å². The average molecular weight is 813 g/mol. The molecular weight excluding hydrogens is 769 g/mol. The maximum Gasteiger partial charge on any atom is 0.338 e. The van der Waals surface area contributed by atoms with Crippen LogP contribution in [-0.2, 0) is 29.3 Å². The number of rotatable bonds is 17. The van der Waals surface area contributed by atoms with Gasteiger partial charge in [0.25, 0.3) is 0 Å². The van der Waals surface area contributed by atoms with Gasteiger partial charge in [0.2, 0.25) is 0 Å². The van der Waals surface area contributed by atoms with Gasteiger partial charge in [0.1, 0.15) is 31.3 Å². The summed E-state index contributed by atoms with van der Waals surface area (Å²) in [4.78, 5) is 25.5. The van der Waals surface area contributed by atoms with Gasteiger partial charge < -0.3 is 33.2 Å². The molecule has 0 heterocycles. The Bertz CT molecular complexity index is 2590. The molecule has 0 spiro atoms. The molecule has 0 aliphatic rings. The normalized spacial score (nSPS) is 10.8. The van der Waals surface area contributed by atoms with Crippen molar-refractivity contribution in [3.05, 3.63) is 203 Å². The lowest BCUT2D eigenvalue weighted by atomic mass is 9.93. The molecule has 0 radical (unpaired) electrons. The summed E-state index contributed by atoms with van der Waals surface area (Å²) >= 11 is 0. The molecule has 7 rings (SSSR count). The van der Waals surface area contributed by atoms with Crippen LogP contribution in [0.25, 0.3) is 23.3 Å². The van der Waals surface area contributed by atoms with Gasteiger partial charge in [0.05, 0.1) is 32.5 Å². The first-order valence-electron chi connectivity index (χ1n) is 19.5. The topological polar surface area (TPSA) is 98.8 Å². The summed E-state index contributed by atoms with van der Waals surface area (Å²) in [5, 5.41) is 0. The third-order valence-electron chi connectivity index (χ3n) is 9.67. The van der Waals surface area contributed by atoms with Crippen molar-refractivity contribution in [2.45, 2.75) is 19.8 Å². The molecule has 0 unspecified atom stereocenters. The summed E-state index contributed by atoms with van der Waals surface area (Å²) < 4.78 is 41.1. The molecule has 7 aromatic carbocycles. The van der Waals surface area contributed by atoms with E-state index in [0.717, 1.165) is 33.4 Å². The van der Waals surface area contributed by atoms with Gasteiger partial charge in [-0.1, -0.05) is 115 Å². The van der Waals surface area contributed by atoms with Crippen molar-refractivity contribution in [2.75, 3.05) is 21.3 Å². The highest BCUT2D eigenvalue weighted by Crippen LogP contribution is 2.40. The molecule has 0 fully saturated rings. The third-order valence-corrected chi connectivity index (χ3v) is 9.67. The lowest BCUT2D eigenvalue weighted by molar-refractivity contribution is 0.0592. The SMILES string of the molecule is COC(=O)c1ccc(Oc2cc(/C=C/c3cc(OCc4ccccc4)ccc3-c3cc(OCc4ccccc4)c(OC)cc3C(=O)OC)ccc2OCc2ccccc2)cc1. The van der Waals surface area contributed by atoms with Gasteiger partial charge in [-0.15, -0.1) is 0 Å². The van der Waals surface area contributed by atoms with E-state index in [0.29, 0.717) is 64.4 Å². The molecule has 0 N–H and O–H groups in total. The monoisotopic (exact) mass is 812 g/mol. The van der Waals surface area contributed by atoms with E-state index in [-0.39, 0.29) is 6.61 Å². The van der Waals surface area contributed by atoms with Crippen LogP contribution in [0.15, 0.2) is 164 Å². The van der Waals surface area contributed by atoms with Gasteiger partial charge in [-0.05, 0) is 94.0 Å². The van der Waals surface area contributed by atoms with E-state index < -0.39 is 11.9 Å². The van der Waals surface area contributed by atoms with Crippen LogP contribution >= 0.6 is 0 Å². The summed E-state index contributed by atoms with van der Waals surface area (Å²) in [6.07, 6.45) is 3.90. The van der Waals surface area contributed by atoms with Crippen molar-refractivity contribution >= 4 is 24.1 Å². The summed E-state index contributed by atoms with van der Waals surface area (Å²) in [6, 6.07) is 51.1. The molecule has 0 aromatic heterocycles. The maximum atomic E-state index is 13.4. The van der Waals surface area contributed by atoms with E-state index in [1.807, 2.05) is 146 Å². The molecule has 0 bridgehead atoms. The minimum Gasteiger partial charge on any atom is -0.493 e. The standard InChI is InChI=1S/C52H44O9/c1-55-48-32-46(52(54)57-3)45(31-49(48)60-35-39-17-11-6-12-18-39)44-27-26-43(58-33-37-13-7-4-8-14-37)30-41(44)21-19-36-20-28-47(59-34-38-15-9-5-10-16-38)50(29-36)61-42-24-22-40(23-25-42)51(53)56-2/h4-32H,33-35H2,1-3H3/b21-19+. The molecule has 0 aliphatic carbocycles. The van der Waals surface area contributed by atoms with Crippen LogP contribution in [0.1, 0.15) is 48.5 Å². The minimum absolute atomic E-state index is 0.290. The Morgan fingerprint density at radius 2 is 1.03 bits per heavy atom. The third kappa shape index (κ3) is 10.8. The van der Waals surface area contributed by atoms with Crippen molar-refractivity contribution in [1.29, 1.82) is 0 Å². The molecule has 7 aromatic rings. The number of esters is 2. The number of hydrogen-bond acceptors (Lipinski definition) is 9. The van der Waals surface area contributed by atoms with Gasteiger partial charge in [-0.3, -0.25) is 0 Å². The summed E-state index contributed by atoms with van der Waals surface area (Å²) in [6.45, 7) is 0.981. The lowest BCUT2D eigenvalue weighted by Gasteiger charge is -2.18. The predicted molar refractivity (Wildman–Crippen MR) is 235 cm³/mol.